The molecule has 5 N–H and O–H groups in total. The van der Waals surface area contributed by atoms with Crippen LogP contribution in [0.3, 0.4) is 0 Å². The van der Waals surface area contributed by atoms with Gasteiger partial charge in [0, 0.05) is 24.3 Å². The molecule has 0 spiro atoms. The van der Waals surface area contributed by atoms with Crippen LogP contribution in [0.1, 0.15) is 76.4 Å². The van der Waals surface area contributed by atoms with Crippen LogP contribution in [-0.2, 0) is 41.7 Å². The maximum absolute atomic E-state index is 13.6. The quantitative estimate of drug-likeness (QED) is 0.137. The summed E-state index contributed by atoms with van der Waals surface area (Å²) in [6.07, 6.45) is 0.678. The minimum Gasteiger partial charge on any atom is -0.462 e. The van der Waals surface area contributed by atoms with Crippen molar-refractivity contribution in [3.05, 3.63) is 71.6 Å². The highest BCUT2D eigenvalue weighted by molar-refractivity contribution is 5.91. The van der Waals surface area contributed by atoms with Crippen LogP contribution in [0, 0.1) is 23.7 Å². The van der Waals surface area contributed by atoms with E-state index in [0.717, 1.165) is 5.57 Å². The first-order valence-electron chi connectivity index (χ1n) is 20.7. The molecule has 12 atom stereocenters. The highest BCUT2D eigenvalue weighted by Gasteiger charge is 2.47. The van der Waals surface area contributed by atoms with E-state index in [-0.39, 0.29) is 25.4 Å². The largest absolute Gasteiger partial charge is 0.462 e. The number of aliphatic hydroxyl groups excluding tert-OH is 4. The number of aromatic nitrogens is 3. The number of allylic oxidation sites excluding steroid dienone is 3. The van der Waals surface area contributed by atoms with E-state index in [2.05, 4.69) is 15.6 Å². The molecule has 1 aromatic carbocycles. The molecule has 16 nitrogen and oxygen atoms in total. The van der Waals surface area contributed by atoms with Crippen LogP contribution in [0.2, 0.25) is 0 Å². The predicted octanol–water partition coefficient (Wildman–Crippen LogP) is 2.44. The first-order chi connectivity index (χ1) is 28.1. The van der Waals surface area contributed by atoms with Crippen molar-refractivity contribution in [1.29, 1.82) is 0 Å². The zero-order valence-electron chi connectivity index (χ0n) is 35.4. The Balaban J connectivity index is 1.54. The van der Waals surface area contributed by atoms with E-state index in [4.69, 9.17) is 18.9 Å². The molecule has 2 unspecified atom stereocenters. The number of nitrogens with zero attached hydrogens (tertiary/aromatic N) is 4. The third kappa shape index (κ3) is 13.8. The van der Waals surface area contributed by atoms with Gasteiger partial charge in [0.05, 0.1) is 61.8 Å². The van der Waals surface area contributed by atoms with E-state index in [1.165, 1.54) is 6.08 Å². The fourth-order valence-corrected chi connectivity index (χ4v) is 7.77. The van der Waals surface area contributed by atoms with Crippen LogP contribution < -0.4 is 5.32 Å². The average molecular weight is 828 g/mol. The smallest absolute Gasteiger partial charge is 0.338 e. The van der Waals surface area contributed by atoms with Crippen molar-refractivity contribution in [2.24, 2.45) is 23.7 Å². The number of cyclic esters (lactones) is 1. The molecule has 2 aromatic rings. The lowest BCUT2D eigenvalue weighted by molar-refractivity contribution is -0.304. The zero-order valence-corrected chi connectivity index (χ0v) is 35.4. The molecule has 1 saturated heterocycles. The van der Waals surface area contributed by atoms with Gasteiger partial charge in [-0.05, 0) is 77.9 Å². The summed E-state index contributed by atoms with van der Waals surface area (Å²) in [4.78, 5) is 41.0. The van der Waals surface area contributed by atoms with Crippen LogP contribution in [0.15, 0.2) is 60.3 Å². The lowest BCUT2D eigenvalue weighted by Gasteiger charge is -2.46. The summed E-state index contributed by atoms with van der Waals surface area (Å²) >= 11 is 0. The molecule has 3 heterocycles. The Morgan fingerprint density at radius 3 is 2.46 bits per heavy atom. The van der Waals surface area contributed by atoms with Crippen molar-refractivity contribution in [1.82, 2.24) is 25.2 Å². The minimum atomic E-state index is -1.27. The number of aliphatic hydroxyl groups is 4. The number of likely N-dealkylation sites (N-methyl/N-ethyl adjacent to an activating group) is 1. The molecule has 2 aliphatic rings. The Bertz CT molecular complexity index is 1690. The predicted molar refractivity (Wildman–Crippen MR) is 217 cm³/mol. The average Bonchev–Trinajstić information content (AvgIpc) is 3.67. The Hall–Kier alpha value is -3.87. The van der Waals surface area contributed by atoms with E-state index >= 15 is 0 Å². The van der Waals surface area contributed by atoms with Gasteiger partial charge in [0.2, 0.25) is 0 Å². The van der Waals surface area contributed by atoms with E-state index in [1.54, 1.807) is 80.1 Å². The molecule has 4 rings (SSSR count). The first-order valence-corrected chi connectivity index (χ1v) is 20.7. The summed E-state index contributed by atoms with van der Waals surface area (Å²) in [5, 5.41) is 55.9. The van der Waals surface area contributed by atoms with Crippen molar-refractivity contribution >= 4 is 17.7 Å². The lowest BCUT2D eigenvalue weighted by Crippen LogP contribution is -2.63. The second-order valence-electron chi connectivity index (χ2n) is 16.2. The normalized spacial score (nSPS) is 32.9. The fraction of sp³-hybridized carbons (Fsp3) is 0.651. The molecule has 59 heavy (non-hydrogen) atoms. The van der Waals surface area contributed by atoms with Crippen LogP contribution in [0.25, 0.3) is 0 Å². The van der Waals surface area contributed by atoms with Gasteiger partial charge in [0.15, 0.2) is 12.1 Å². The lowest BCUT2D eigenvalue weighted by atomic mass is 9.79. The molecule has 1 aromatic heterocycles. The molecule has 2 aliphatic heterocycles. The fourth-order valence-electron chi connectivity index (χ4n) is 7.77. The number of carbonyl (C=O) groups is 3. The molecule has 16 heteroatoms. The van der Waals surface area contributed by atoms with Gasteiger partial charge in [-0.15, -0.1) is 5.10 Å². The van der Waals surface area contributed by atoms with Crippen LogP contribution in [-0.4, -0.2) is 141 Å². The van der Waals surface area contributed by atoms with E-state index in [0.29, 0.717) is 50.2 Å². The van der Waals surface area contributed by atoms with Gasteiger partial charge in [-0.2, -0.15) is 0 Å². The van der Waals surface area contributed by atoms with E-state index in [1.807, 2.05) is 26.8 Å². The molecule has 328 valence electrons. The number of carbonyl (C=O) groups excluding carboxylic acids is 3. The second kappa shape index (κ2) is 23.2. The van der Waals surface area contributed by atoms with E-state index < -0.39 is 84.6 Å². The highest BCUT2D eigenvalue weighted by Crippen LogP contribution is 2.34. The molecular formula is C43H65N5O11. The van der Waals surface area contributed by atoms with Crippen molar-refractivity contribution < 1.29 is 53.8 Å². The number of hydrogen-bond acceptors (Lipinski definition) is 15. The van der Waals surface area contributed by atoms with Gasteiger partial charge in [-0.3, -0.25) is 14.3 Å². The van der Waals surface area contributed by atoms with Crippen LogP contribution in [0.5, 0.6) is 0 Å². The summed E-state index contributed by atoms with van der Waals surface area (Å²) in [5.41, 5.74) is 1.67. The number of esters is 2. The Kier molecular flexibility index (Phi) is 18.8. The third-order valence-electron chi connectivity index (χ3n) is 11.3. The van der Waals surface area contributed by atoms with Crippen LogP contribution >= 0.6 is 0 Å². The number of benzene rings is 1. The van der Waals surface area contributed by atoms with Gasteiger partial charge in [-0.25, -0.2) is 4.79 Å². The summed E-state index contributed by atoms with van der Waals surface area (Å²) in [5.74, 6) is -3.31. The highest BCUT2D eigenvalue weighted by atomic mass is 16.7. The second-order valence-corrected chi connectivity index (χ2v) is 16.2. The molecule has 0 saturated carbocycles. The molecule has 0 amide bonds. The maximum Gasteiger partial charge on any atom is 0.338 e. The first kappa shape index (κ1) is 47.8. The zero-order chi connectivity index (χ0) is 43.2. The van der Waals surface area contributed by atoms with Gasteiger partial charge in [0.25, 0.3) is 0 Å². The van der Waals surface area contributed by atoms with Crippen LogP contribution in [0.4, 0.5) is 0 Å². The molecular weight excluding hydrogens is 762 g/mol. The maximum atomic E-state index is 13.6. The number of ketones is 1. The van der Waals surface area contributed by atoms with Crippen molar-refractivity contribution in [3.8, 4) is 0 Å². The SMILES string of the molecule is CC[C@H]1OC(=O)C[C@@H](O)[C@H](C)[C@@H](O[C@@H]2O[C@H](C)[C@@H](O)C(N(C)C)C2O)[C@@H](CCNCCn2cc(COC(=O)c3ccccc3)nn2)C[C@@H](C)C(=O)/C=C/C(C)=C/[C@@H]1CO. The van der Waals surface area contributed by atoms with Crippen molar-refractivity contribution in [3.63, 3.8) is 0 Å². The topological polar surface area (TPSA) is 215 Å². The summed E-state index contributed by atoms with van der Waals surface area (Å²) < 4.78 is 25.5. The van der Waals surface area contributed by atoms with Gasteiger partial charge >= 0.3 is 11.9 Å². The number of nitrogens with one attached hydrogen (secondary N) is 1. The molecule has 0 bridgehead atoms. The number of ether oxygens (including phenoxy) is 4. The van der Waals surface area contributed by atoms with E-state index in [9.17, 15) is 34.8 Å². The monoisotopic (exact) mass is 827 g/mol. The number of hydrogen-bond donors (Lipinski definition) is 5. The molecule has 0 radical (unpaired) electrons. The summed E-state index contributed by atoms with van der Waals surface area (Å²) in [6, 6.07) is 7.97. The Labute approximate surface area is 347 Å². The van der Waals surface area contributed by atoms with Gasteiger partial charge in [0.1, 0.15) is 24.5 Å². The molecule has 1 fully saturated rings. The summed E-state index contributed by atoms with van der Waals surface area (Å²) in [6.45, 7) is 10.1. The Morgan fingerprint density at radius 2 is 1.78 bits per heavy atom. The minimum absolute atomic E-state index is 0.0251. The van der Waals surface area contributed by atoms with Gasteiger partial charge < -0.3 is 49.6 Å². The number of rotatable bonds is 14. The summed E-state index contributed by atoms with van der Waals surface area (Å²) in [7, 11) is 3.49. The molecule has 0 aliphatic carbocycles. The van der Waals surface area contributed by atoms with Crippen molar-refractivity contribution in [2.75, 3.05) is 33.8 Å². The standard InChI is InChI=1S/C43H65N5O11/c1-8-36-32(24-49)20-26(2)14-15-34(50)27(3)21-31(16-17-44-18-19-48-23-33(45-46-48)25-56-42(55)30-12-10-9-11-13-30)41(28(4)35(51)22-37(52)58-36)59-43-40(54)38(47(6)7)39(53)29(5)57-43/h9-15,20,23,27-29,31-32,35-36,38-41,43-44,49,51,53-54H,8,16-19,21-22,24-25H2,1-7H3/b15-14+,26-20+/t27-,28+,29-,31+,32-,35-,36-,38?,39-,40?,41-,43+/m1/s1. The van der Waals surface area contributed by atoms with Gasteiger partial charge in [-0.1, -0.05) is 61.9 Å². The third-order valence-corrected chi connectivity index (χ3v) is 11.3. The Morgan fingerprint density at radius 1 is 1.05 bits per heavy atom. The van der Waals surface area contributed by atoms with Crippen molar-refractivity contribution in [2.45, 2.75) is 122 Å².